The Morgan fingerprint density at radius 1 is 1.17 bits per heavy atom. The molecule has 0 aliphatic rings. The molecule has 1 atom stereocenters. The normalized spacial score (nSPS) is 11.8. The molecule has 0 aliphatic heterocycles. The van der Waals surface area contributed by atoms with Crippen LogP contribution in [0.25, 0.3) is 0 Å². The fraction of sp³-hybridized carbons (Fsp3) is 0.316. The van der Waals surface area contributed by atoms with Gasteiger partial charge in [0.05, 0.1) is 0 Å². The lowest BCUT2D eigenvalue weighted by atomic mass is 10.1. The Labute approximate surface area is 148 Å². The lowest BCUT2D eigenvalue weighted by Gasteiger charge is -2.14. The van der Waals surface area contributed by atoms with Crippen LogP contribution >= 0.6 is 11.6 Å². The van der Waals surface area contributed by atoms with Crippen LogP contribution < -0.4 is 15.5 Å². The number of hydrogen-bond donors (Lipinski definition) is 2. The first-order valence-electron chi connectivity index (χ1n) is 8.08. The molecule has 2 rings (SSSR count). The average molecular weight is 347 g/mol. The van der Waals surface area contributed by atoms with Crippen molar-refractivity contribution in [3.63, 3.8) is 0 Å². The Balaban J connectivity index is 1.78. The number of halogens is 1. The number of rotatable bonds is 7. The Kier molecular flexibility index (Phi) is 6.64. The molecule has 2 aromatic carbocycles. The smallest absolute Gasteiger partial charge is 0.275 e. The number of nitrogens with two attached hydrogens (primary N) is 1. The van der Waals surface area contributed by atoms with E-state index in [0.717, 1.165) is 21.8 Å². The van der Waals surface area contributed by atoms with Crippen molar-refractivity contribution in [2.75, 3.05) is 25.5 Å². The minimum Gasteiger partial charge on any atom is -0.378 e. The second-order valence-electron chi connectivity index (χ2n) is 6.09. The average Bonchev–Trinajstić information content (AvgIpc) is 2.58. The van der Waals surface area contributed by atoms with Gasteiger partial charge < -0.3 is 15.5 Å². The van der Waals surface area contributed by atoms with Crippen molar-refractivity contribution in [2.45, 2.75) is 19.5 Å². The van der Waals surface area contributed by atoms with E-state index in [4.69, 9.17) is 11.6 Å². The van der Waals surface area contributed by atoms with Gasteiger partial charge in [0.15, 0.2) is 6.54 Å². The zero-order valence-corrected chi connectivity index (χ0v) is 15.2. The van der Waals surface area contributed by atoms with E-state index in [0.29, 0.717) is 13.1 Å². The molecule has 1 amide bonds. The van der Waals surface area contributed by atoms with Crippen molar-refractivity contribution in [3.8, 4) is 0 Å². The SMILES string of the molecule is C[C@@H]([NH2+]CC(=O)NCc1ccc(N(C)C)cc1)c1ccccc1Cl. The number of quaternary nitrogens is 1. The minimum atomic E-state index is 0.0191. The van der Waals surface area contributed by atoms with Crippen LogP contribution in [0.5, 0.6) is 0 Å². The summed E-state index contributed by atoms with van der Waals surface area (Å²) in [5.74, 6) is 0.0191. The van der Waals surface area contributed by atoms with Gasteiger partial charge in [0.2, 0.25) is 0 Å². The van der Waals surface area contributed by atoms with Crippen molar-refractivity contribution < 1.29 is 10.1 Å². The van der Waals surface area contributed by atoms with Gasteiger partial charge in [0.1, 0.15) is 6.04 Å². The fourth-order valence-electron chi connectivity index (χ4n) is 2.44. The molecule has 2 aromatic rings. The molecule has 0 saturated carbocycles. The topological polar surface area (TPSA) is 49.0 Å². The summed E-state index contributed by atoms with van der Waals surface area (Å²) < 4.78 is 0. The number of amides is 1. The molecule has 3 N–H and O–H groups in total. The van der Waals surface area contributed by atoms with Crippen molar-refractivity contribution in [1.82, 2.24) is 5.32 Å². The maximum Gasteiger partial charge on any atom is 0.275 e. The summed E-state index contributed by atoms with van der Waals surface area (Å²) in [5.41, 5.74) is 3.28. The summed E-state index contributed by atoms with van der Waals surface area (Å²) in [4.78, 5) is 14.1. The van der Waals surface area contributed by atoms with Gasteiger partial charge in [-0.1, -0.05) is 41.9 Å². The van der Waals surface area contributed by atoms with Crippen LogP contribution in [-0.4, -0.2) is 26.5 Å². The second-order valence-corrected chi connectivity index (χ2v) is 6.49. The quantitative estimate of drug-likeness (QED) is 0.808. The standard InChI is InChI=1S/C19H24ClN3O/c1-14(17-6-4-5-7-18(17)20)21-13-19(24)22-12-15-8-10-16(11-9-15)23(2)3/h4-11,14,21H,12-13H2,1-3H3,(H,22,24)/p+1/t14-/m1/s1. The molecule has 5 heteroatoms. The van der Waals surface area contributed by atoms with Gasteiger partial charge in [-0.2, -0.15) is 0 Å². The second kappa shape index (κ2) is 8.71. The molecule has 0 saturated heterocycles. The highest BCUT2D eigenvalue weighted by molar-refractivity contribution is 6.31. The Morgan fingerprint density at radius 3 is 2.46 bits per heavy atom. The van der Waals surface area contributed by atoms with E-state index >= 15 is 0 Å². The van der Waals surface area contributed by atoms with Gasteiger partial charge in [0.25, 0.3) is 5.91 Å². The highest BCUT2D eigenvalue weighted by atomic mass is 35.5. The van der Waals surface area contributed by atoms with Crippen LogP contribution in [0.3, 0.4) is 0 Å². The number of nitrogens with zero attached hydrogens (tertiary/aromatic N) is 1. The maximum absolute atomic E-state index is 12.0. The van der Waals surface area contributed by atoms with Gasteiger partial charge in [-0.05, 0) is 30.7 Å². The Bertz CT molecular complexity index is 671. The van der Waals surface area contributed by atoms with Gasteiger partial charge in [-0.15, -0.1) is 0 Å². The largest absolute Gasteiger partial charge is 0.378 e. The van der Waals surface area contributed by atoms with Crippen molar-refractivity contribution in [3.05, 3.63) is 64.7 Å². The summed E-state index contributed by atoms with van der Waals surface area (Å²) in [6, 6.07) is 16.0. The molecule has 0 aromatic heterocycles. The molecule has 4 nitrogen and oxygen atoms in total. The van der Waals surface area contributed by atoms with Crippen molar-refractivity contribution in [2.24, 2.45) is 0 Å². The van der Waals surface area contributed by atoms with Gasteiger partial charge in [0, 0.05) is 36.9 Å². The molecule has 0 aliphatic carbocycles. The van der Waals surface area contributed by atoms with E-state index in [2.05, 4.69) is 12.2 Å². The molecular formula is C19H25ClN3O+. The van der Waals surface area contributed by atoms with Crippen LogP contribution in [0.1, 0.15) is 24.1 Å². The van der Waals surface area contributed by atoms with Crippen LogP contribution in [0, 0.1) is 0 Å². The zero-order valence-electron chi connectivity index (χ0n) is 14.4. The molecule has 0 spiro atoms. The van der Waals surface area contributed by atoms with E-state index in [9.17, 15) is 4.79 Å². The Hall–Kier alpha value is -2.04. The summed E-state index contributed by atoms with van der Waals surface area (Å²) in [7, 11) is 4.01. The number of nitrogens with one attached hydrogen (secondary N) is 1. The first-order valence-corrected chi connectivity index (χ1v) is 8.46. The third-order valence-corrected chi connectivity index (χ3v) is 4.34. The van der Waals surface area contributed by atoms with E-state index < -0.39 is 0 Å². The molecule has 0 unspecified atom stereocenters. The first-order chi connectivity index (χ1) is 11.5. The minimum absolute atomic E-state index is 0.0191. The molecular weight excluding hydrogens is 322 g/mol. The molecule has 0 fully saturated rings. The fourth-order valence-corrected chi connectivity index (χ4v) is 2.75. The summed E-state index contributed by atoms with van der Waals surface area (Å²) >= 11 is 6.19. The van der Waals surface area contributed by atoms with Crippen LogP contribution in [-0.2, 0) is 11.3 Å². The van der Waals surface area contributed by atoms with Crippen LogP contribution in [0.15, 0.2) is 48.5 Å². The van der Waals surface area contributed by atoms with Gasteiger partial charge in [-0.3, -0.25) is 4.79 Å². The monoisotopic (exact) mass is 346 g/mol. The van der Waals surface area contributed by atoms with E-state index in [1.54, 1.807) is 0 Å². The highest BCUT2D eigenvalue weighted by Crippen LogP contribution is 2.19. The van der Waals surface area contributed by atoms with E-state index in [1.165, 1.54) is 0 Å². The third kappa shape index (κ3) is 5.25. The lowest BCUT2D eigenvalue weighted by molar-refractivity contribution is -0.682. The lowest BCUT2D eigenvalue weighted by Crippen LogP contribution is -2.87. The summed E-state index contributed by atoms with van der Waals surface area (Å²) in [6.07, 6.45) is 0. The maximum atomic E-state index is 12.0. The summed E-state index contributed by atoms with van der Waals surface area (Å²) in [5, 5.41) is 5.68. The zero-order chi connectivity index (χ0) is 17.5. The number of carbonyl (C=O) groups is 1. The van der Waals surface area contributed by atoms with Gasteiger partial charge in [-0.25, -0.2) is 0 Å². The number of carbonyl (C=O) groups excluding carboxylic acids is 1. The number of anilines is 1. The first kappa shape index (κ1) is 18.3. The van der Waals surface area contributed by atoms with E-state index in [1.807, 2.05) is 72.8 Å². The van der Waals surface area contributed by atoms with Crippen molar-refractivity contribution in [1.29, 1.82) is 0 Å². The van der Waals surface area contributed by atoms with E-state index in [-0.39, 0.29) is 11.9 Å². The number of benzene rings is 2. The molecule has 0 bridgehead atoms. The van der Waals surface area contributed by atoms with Crippen molar-refractivity contribution >= 4 is 23.2 Å². The predicted molar refractivity (Wildman–Crippen MR) is 99.3 cm³/mol. The van der Waals surface area contributed by atoms with Crippen LogP contribution in [0.2, 0.25) is 5.02 Å². The highest BCUT2D eigenvalue weighted by Gasteiger charge is 2.13. The Morgan fingerprint density at radius 2 is 1.83 bits per heavy atom. The van der Waals surface area contributed by atoms with Crippen LogP contribution in [0.4, 0.5) is 5.69 Å². The van der Waals surface area contributed by atoms with Gasteiger partial charge >= 0.3 is 0 Å². The molecule has 128 valence electrons. The molecule has 24 heavy (non-hydrogen) atoms. The summed E-state index contributed by atoms with van der Waals surface area (Å²) in [6.45, 7) is 2.97. The predicted octanol–water partition coefficient (Wildman–Crippen LogP) is 2.35. The number of hydrogen-bond acceptors (Lipinski definition) is 2. The molecule has 0 heterocycles. The molecule has 0 radical (unpaired) electrons. The third-order valence-electron chi connectivity index (χ3n) is 4.00.